The lowest BCUT2D eigenvalue weighted by Crippen LogP contribution is -2.35. The largest absolute Gasteiger partial charge is 0.356 e. The van der Waals surface area contributed by atoms with E-state index in [4.69, 9.17) is 0 Å². The summed E-state index contributed by atoms with van der Waals surface area (Å²) in [5.74, 6) is 0.891. The Balaban J connectivity index is 1.62. The lowest BCUT2D eigenvalue weighted by atomic mass is 9.99. The SMILES string of the molecule is CNS(=O)(=O)c1ccc(CCC(=O)NCCCN2CCC(C)CC2)cc1. The van der Waals surface area contributed by atoms with E-state index in [9.17, 15) is 13.2 Å². The van der Waals surface area contributed by atoms with Crippen LogP contribution in [0.1, 0.15) is 38.2 Å². The van der Waals surface area contributed by atoms with Gasteiger partial charge in [-0.3, -0.25) is 4.79 Å². The molecular weight excluding hydrogens is 350 g/mol. The minimum absolute atomic E-state index is 0.0455. The number of nitrogens with zero attached hydrogens (tertiary/aromatic N) is 1. The predicted octanol–water partition coefficient (Wildman–Crippen LogP) is 1.77. The van der Waals surface area contributed by atoms with Crippen LogP contribution in [-0.2, 0) is 21.2 Å². The van der Waals surface area contributed by atoms with E-state index in [0.717, 1.165) is 24.4 Å². The topological polar surface area (TPSA) is 78.5 Å². The Hall–Kier alpha value is -1.44. The van der Waals surface area contributed by atoms with Gasteiger partial charge in [-0.25, -0.2) is 13.1 Å². The summed E-state index contributed by atoms with van der Waals surface area (Å²) in [6.07, 6.45) is 4.56. The van der Waals surface area contributed by atoms with E-state index in [1.807, 2.05) is 0 Å². The van der Waals surface area contributed by atoms with E-state index in [2.05, 4.69) is 21.9 Å². The Morgan fingerprint density at radius 3 is 2.46 bits per heavy atom. The van der Waals surface area contributed by atoms with Gasteiger partial charge < -0.3 is 10.2 Å². The van der Waals surface area contributed by atoms with E-state index < -0.39 is 10.0 Å². The number of sulfonamides is 1. The van der Waals surface area contributed by atoms with Crippen molar-refractivity contribution in [2.24, 2.45) is 5.92 Å². The van der Waals surface area contributed by atoms with Gasteiger partial charge in [-0.2, -0.15) is 0 Å². The summed E-state index contributed by atoms with van der Waals surface area (Å²) < 4.78 is 25.6. The first kappa shape index (κ1) is 20.9. The van der Waals surface area contributed by atoms with Gasteiger partial charge in [0.2, 0.25) is 15.9 Å². The van der Waals surface area contributed by atoms with Crippen LogP contribution in [0.25, 0.3) is 0 Å². The Morgan fingerprint density at radius 2 is 1.85 bits per heavy atom. The van der Waals surface area contributed by atoms with E-state index >= 15 is 0 Å². The molecule has 0 aliphatic carbocycles. The van der Waals surface area contributed by atoms with Gasteiger partial charge in [0.1, 0.15) is 0 Å². The third-order valence-electron chi connectivity index (χ3n) is 4.99. The number of benzene rings is 1. The Labute approximate surface area is 157 Å². The number of nitrogens with one attached hydrogen (secondary N) is 2. The van der Waals surface area contributed by atoms with E-state index in [0.29, 0.717) is 19.4 Å². The fourth-order valence-corrected chi connectivity index (χ4v) is 3.85. The van der Waals surface area contributed by atoms with E-state index in [-0.39, 0.29) is 10.8 Å². The average molecular weight is 382 g/mol. The van der Waals surface area contributed by atoms with Crippen LogP contribution in [-0.4, -0.2) is 52.5 Å². The zero-order valence-electron chi connectivity index (χ0n) is 15.8. The van der Waals surface area contributed by atoms with Gasteiger partial charge in [0.05, 0.1) is 4.90 Å². The first-order valence-corrected chi connectivity index (χ1v) is 10.9. The summed E-state index contributed by atoms with van der Waals surface area (Å²) in [5, 5.41) is 2.97. The monoisotopic (exact) mass is 381 g/mol. The normalized spacial score (nSPS) is 16.5. The summed E-state index contributed by atoms with van der Waals surface area (Å²) in [6.45, 7) is 6.42. The number of piperidine rings is 1. The van der Waals surface area contributed by atoms with Crippen molar-refractivity contribution in [1.29, 1.82) is 0 Å². The third kappa shape index (κ3) is 6.70. The van der Waals surface area contributed by atoms with Gasteiger partial charge in [-0.1, -0.05) is 19.1 Å². The molecule has 0 atom stereocenters. The Bertz CT molecular complexity index is 666. The standard InChI is InChI=1S/C19H31N3O3S/c1-16-10-14-22(15-11-16)13-3-12-21-19(23)9-6-17-4-7-18(8-5-17)26(24,25)20-2/h4-5,7-8,16,20H,3,6,9-15H2,1-2H3,(H,21,23). The molecule has 0 aromatic heterocycles. The third-order valence-corrected chi connectivity index (χ3v) is 6.42. The molecule has 1 aliphatic heterocycles. The summed E-state index contributed by atoms with van der Waals surface area (Å²) in [6, 6.07) is 6.65. The van der Waals surface area contributed by atoms with Crippen molar-refractivity contribution < 1.29 is 13.2 Å². The predicted molar refractivity (Wildman–Crippen MR) is 103 cm³/mol. The first-order chi connectivity index (χ1) is 12.4. The van der Waals surface area contributed by atoms with Gasteiger partial charge in [0.25, 0.3) is 0 Å². The number of rotatable bonds is 9. The van der Waals surface area contributed by atoms with Crippen LogP contribution in [0.3, 0.4) is 0 Å². The maximum atomic E-state index is 12.0. The fraction of sp³-hybridized carbons (Fsp3) is 0.632. The van der Waals surface area contributed by atoms with Crippen molar-refractivity contribution in [2.45, 2.75) is 43.9 Å². The van der Waals surface area contributed by atoms with Gasteiger partial charge in [0.15, 0.2) is 0 Å². The molecule has 7 heteroatoms. The first-order valence-electron chi connectivity index (χ1n) is 9.42. The molecule has 1 saturated heterocycles. The fourth-order valence-electron chi connectivity index (χ4n) is 3.12. The number of amides is 1. The number of carbonyl (C=O) groups is 1. The minimum Gasteiger partial charge on any atom is -0.356 e. The summed E-state index contributed by atoms with van der Waals surface area (Å²) in [5.41, 5.74) is 0.956. The number of hydrogen-bond acceptors (Lipinski definition) is 4. The lowest BCUT2D eigenvalue weighted by Gasteiger charge is -2.30. The van der Waals surface area contributed by atoms with Crippen LogP contribution < -0.4 is 10.0 Å². The Morgan fingerprint density at radius 1 is 1.19 bits per heavy atom. The van der Waals surface area contributed by atoms with Crippen LogP contribution in [0.5, 0.6) is 0 Å². The van der Waals surface area contributed by atoms with Gasteiger partial charge >= 0.3 is 0 Å². The van der Waals surface area contributed by atoms with Crippen molar-refractivity contribution in [2.75, 3.05) is 33.2 Å². The molecule has 0 bridgehead atoms. The highest BCUT2D eigenvalue weighted by Gasteiger charge is 2.15. The Kier molecular flexibility index (Phi) is 8.06. The molecule has 6 nitrogen and oxygen atoms in total. The van der Waals surface area contributed by atoms with Crippen molar-refractivity contribution in [3.05, 3.63) is 29.8 Å². The molecule has 26 heavy (non-hydrogen) atoms. The molecular formula is C19H31N3O3S. The molecule has 1 amide bonds. The zero-order valence-corrected chi connectivity index (χ0v) is 16.6. The molecule has 0 saturated carbocycles. The highest BCUT2D eigenvalue weighted by atomic mass is 32.2. The molecule has 1 aromatic carbocycles. The molecule has 2 N–H and O–H groups in total. The van der Waals surface area contributed by atoms with Gasteiger partial charge in [0, 0.05) is 13.0 Å². The van der Waals surface area contributed by atoms with E-state index in [1.54, 1.807) is 24.3 Å². The number of hydrogen-bond donors (Lipinski definition) is 2. The number of likely N-dealkylation sites (tertiary alicyclic amines) is 1. The summed E-state index contributed by atoms with van der Waals surface area (Å²) in [7, 11) is -2.02. The second-order valence-corrected chi connectivity index (χ2v) is 8.97. The van der Waals surface area contributed by atoms with Crippen LogP contribution in [0, 0.1) is 5.92 Å². The smallest absolute Gasteiger partial charge is 0.240 e. The van der Waals surface area contributed by atoms with Crippen molar-refractivity contribution in [3.8, 4) is 0 Å². The van der Waals surface area contributed by atoms with Crippen molar-refractivity contribution in [3.63, 3.8) is 0 Å². The van der Waals surface area contributed by atoms with Crippen LogP contribution in [0.15, 0.2) is 29.2 Å². The molecule has 0 radical (unpaired) electrons. The van der Waals surface area contributed by atoms with Crippen LogP contribution in [0.2, 0.25) is 0 Å². The van der Waals surface area contributed by atoms with E-state index in [1.165, 1.54) is 33.0 Å². The maximum Gasteiger partial charge on any atom is 0.240 e. The highest BCUT2D eigenvalue weighted by molar-refractivity contribution is 7.89. The molecule has 1 fully saturated rings. The van der Waals surface area contributed by atoms with Crippen molar-refractivity contribution >= 4 is 15.9 Å². The molecule has 2 rings (SSSR count). The molecule has 1 heterocycles. The van der Waals surface area contributed by atoms with Crippen molar-refractivity contribution in [1.82, 2.24) is 14.9 Å². The summed E-state index contributed by atoms with van der Waals surface area (Å²) >= 11 is 0. The van der Waals surface area contributed by atoms with Crippen LogP contribution in [0.4, 0.5) is 0 Å². The van der Waals surface area contributed by atoms with Gasteiger partial charge in [-0.05, 0) is 76.0 Å². The molecule has 1 aromatic rings. The second-order valence-electron chi connectivity index (χ2n) is 7.08. The van der Waals surface area contributed by atoms with Gasteiger partial charge in [-0.15, -0.1) is 0 Å². The lowest BCUT2D eigenvalue weighted by molar-refractivity contribution is -0.121. The number of aryl methyl sites for hydroxylation is 1. The maximum absolute atomic E-state index is 12.0. The molecule has 0 spiro atoms. The average Bonchev–Trinajstić information content (AvgIpc) is 2.65. The quantitative estimate of drug-likeness (QED) is 0.639. The summed E-state index contributed by atoms with van der Waals surface area (Å²) in [4.78, 5) is 14.7. The number of carbonyl (C=O) groups excluding carboxylic acids is 1. The minimum atomic E-state index is -3.41. The van der Waals surface area contributed by atoms with Crippen LogP contribution >= 0.6 is 0 Å². The second kappa shape index (κ2) is 10.0. The highest BCUT2D eigenvalue weighted by Crippen LogP contribution is 2.15. The molecule has 0 unspecified atom stereocenters. The molecule has 146 valence electrons. The molecule has 1 aliphatic rings. The zero-order chi connectivity index (χ0) is 19.0.